The van der Waals surface area contributed by atoms with Gasteiger partial charge in [-0.15, -0.1) is 11.6 Å². The molecular formula is C11H19ClO. The van der Waals surface area contributed by atoms with Gasteiger partial charge in [0.15, 0.2) is 0 Å². The van der Waals surface area contributed by atoms with Crippen LogP contribution < -0.4 is 0 Å². The van der Waals surface area contributed by atoms with E-state index in [0.29, 0.717) is 5.38 Å². The lowest BCUT2D eigenvalue weighted by molar-refractivity contribution is 0.168. The highest BCUT2D eigenvalue weighted by atomic mass is 35.5. The summed E-state index contributed by atoms with van der Waals surface area (Å²) in [5.74, 6) is 1.51. The molecule has 1 aliphatic carbocycles. The molecule has 0 N–H and O–H groups in total. The van der Waals surface area contributed by atoms with Crippen molar-refractivity contribution >= 4 is 11.6 Å². The van der Waals surface area contributed by atoms with Gasteiger partial charge in [0, 0.05) is 18.6 Å². The number of ether oxygens (including phenoxy) is 1. The summed E-state index contributed by atoms with van der Waals surface area (Å²) in [5.41, 5.74) is 0. The number of hydrogen-bond acceptors (Lipinski definition) is 1. The Balaban J connectivity index is 1.93. The maximum absolute atomic E-state index is 6.41. The predicted molar refractivity (Wildman–Crippen MR) is 55.1 cm³/mol. The first kappa shape index (κ1) is 9.79. The van der Waals surface area contributed by atoms with E-state index in [1.165, 1.54) is 38.5 Å². The standard InChI is InChI=1S/C11H19ClO/c12-11-5-3-1-2-4-10(11)9-6-7-13-8-9/h9-11H,1-8H2. The van der Waals surface area contributed by atoms with Gasteiger partial charge in [-0.25, -0.2) is 0 Å². The quantitative estimate of drug-likeness (QED) is 0.469. The summed E-state index contributed by atoms with van der Waals surface area (Å²) >= 11 is 6.41. The van der Waals surface area contributed by atoms with Crippen LogP contribution in [0.5, 0.6) is 0 Å². The van der Waals surface area contributed by atoms with Gasteiger partial charge in [-0.05, 0) is 31.1 Å². The minimum atomic E-state index is 0.425. The van der Waals surface area contributed by atoms with E-state index in [1.807, 2.05) is 0 Å². The number of alkyl halides is 1. The van der Waals surface area contributed by atoms with E-state index in [2.05, 4.69) is 0 Å². The molecule has 2 heteroatoms. The Morgan fingerprint density at radius 2 is 1.85 bits per heavy atom. The highest BCUT2D eigenvalue weighted by Gasteiger charge is 2.31. The van der Waals surface area contributed by atoms with Crippen molar-refractivity contribution in [2.75, 3.05) is 13.2 Å². The largest absolute Gasteiger partial charge is 0.381 e. The fraction of sp³-hybridized carbons (Fsp3) is 1.00. The van der Waals surface area contributed by atoms with Crippen molar-refractivity contribution < 1.29 is 4.74 Å². The molecule has 3 atom stereocenters. The molecule has 0 spiro atoms. The molecule has 2 fully saturated rings. The average molecular weight is 203 g/mol. The van der Waals surface area contributed by atoms with Crippen LogP contribution in [0.3, 0.4) is 0 Å². The molecule has 0 amide bonds. The minimum Gasteiger partial charge on any atom is -0.381 e. The van der Waals surface area contributed by atoms with Gasteiger partial charge in [0.2, 0.25) is 0 Å². The molecule has 1 aliphatic heterocycles. The molecule has 1 saturated carbocycles. The van der Waals surface area contributed by atoms with Gasteiger partial charge in [0.25, 0.3) is 0 Å². The molecule has 3 unspecified atom stereocenters. The molecule has 1 nitrogen and oxygen atoms in total. The fourth-order valence-electron chi connectivity index (χ4n) is 2.71. The van der Waals surface area contributed by atoms with Gasteiger partial charge in [0.1, 0.15) is 0 Å². The lowest BCUT2D eigenvalue weighted by atomic mass is 9.85. The predicted octanol–water partition coefficient (Wildman–Crippen LogP) is 3.21. The van der Waals surface area contributed by atoms with Crippen LogP contribution in [-0.2, 0) is 4.74 Å². The summed E-state index contributed by atoms with van der Waals surface area (Å²) in [5, 5.41) is 0.425. The summed E-state index contributed by atoms with van der Waals surface area (Å²) < 4.78 is 5.44. The topological polar surface area (TPSA) is 9.23 Å². The maximum atomic E-state index is 6.41. The van der Waals surface area contributed by atoms with Crippen LogP contribution in [0.25, 0.3) is 0 Å². The molecule has 13 heavy (non-hydrogen) atoms. The molecule has 0 aromatic heterocycles. The lowest BCUT2D eigenvalue weighted by Gasteiger charge is -2.24. The van der Waals surface area contributed by atoms with Gasteiger partial charge in [0.05, 0.1) is 0 Å². The van der Waals surface area contributed by atoms with Crippen molar-refractivity contribution in [2.45, 2.75) is 43.9 Å². The maximum Gasteiger partial charge on any atom is 0.0498 e. The second-order valence-corrected chi connectivity index (χ2v) is 5.00. The molecule has 2 rings (SSSR count). The first-order chi connectivity index (χ1) is 6.38. The molecule has 0 aromatic rings. The van der Waals surface area contributed by atoms with E-state index in [1.54, 1.807) is 0 Å². The van der Waals surface area contributed by atoms with Crippen molar-refractivity contribution in [3.63, 3.8) is 0 Å². The first-order valence-corrected chi connectivity index (χ1v) is 6.03. The summed E-state index contributed by atoms with van der Waals surface area (Å²) in [6, 6.07) is 0. The molecule has 0 aromatic carbocycles. The molecule has 0 radical (unpaired) electrons. The van der Waals surface area contributed by atoms with Crippen molar-refractivity contribution in [1.82, 2.24) is 0 Å². The normalized spacial score (nSPS) is 41.8. The molecule has 2 aliphatic rings. The number of halogens is 1. The summed E-state index contributed by atoms with van der Waals surface area (Å²) in [7, 11) is 0. The highest BCUT2D eigenvalue weighted by molar-refractivity contribution is 6.20. The first-order valence-electron chi connectivity index (χ1n) is 5.60. The Hall–Kier alpha value is 0.250. The van der Waals surface area contributed by atoms with Gasteiger partial charge >= 0.3 is 0 Å². The van der Waals surface area contributed by atoms with Crippen LogP contribution in [0.2, 0.25) is 0 Å². The Bertz CT molecular complexity index is 154. The van der Waals surface area contributed by atoms with Crippen LogP contribution >= 0.6 is 11.6 Å². The SMILES string of the molecule is ClC1CCCCCC1C1CCOC1. The Morgan fingerprint density at radius 1 is 1.00 bits per heavy atom. The van der Waals surface area contributed by atoms with Crippen LogP contribution in [0.1, 0.15) is 38.5 Å². The zero-order valence-electron chi connectivity index (χ0n) is 8.18. The minimum absolute atomic E-state index is 0.425. The van der Waals surface area contributed by atoms with Crippen molar-refractivity contribution in [2.24, 2.45) is 11.8 Å². The zero-order chi connectivity index (χ0) is 9.10. The Kier molecular flexibility index (Phi) is 3.51. The monoisotopic (exact) mass is 202 g/mol. The number of rotatable bonds is 1. The summed E-state index contributed by atoms with van der Waals surface area (Å²) in [6.07, 6.45) is 7.90. The third-order valence-corrected chi connectivity index (χ3v) is 4.09. The Morgan fingerprint density at radius 3 is 2.62 bits per heavy atom. The molecule has 76 valence electrons. The van der Waals surface area contributed by atoms with E-state index >= 15 is 0 Å². The second-order valence-electron chi connectivity index (χ2n) is 4.44. The van der Waals surface area contributed by atoms with Gasteiger partial charge in [-0.1, -0.05) is 19.3 Å². The van der Waals surface area contributed by atoms with Crippen LogP contribution in [0.15, 0.2) is 0 Å². The van der Waals surface area contributed by atoms with Crippen molar-refractivity contribution in [1.29, 1.82) is 0 Å². The Labute approximate surface area is 85.8 Å². The van der Waals surface area contributed by atoms with Crippen LogP contribution in [0.4, 0.5) is 0 Å². The zero-order valence-corrected chi connectivity index (χ0v) is 8.93. The molecule has 0 bridgehead atoms. The van der Waals surface area contributed by atoms with E-state index in [-0.39, 0.29) is 0 Å². The van der Waals surface area contributed by atoms with E-state index in [0.717, 1.165) is 25.0 Å². The van der Waals surface area contributed by atoms with E-state index < -0.39 is 0 Å². The van der Waals surface area contributed by atoms with Crippen LogP contribution in [0, 0.1) is 11.8 Å². The smallest absolute Gasteiger partial charge is 0.0498 e. The third kappa shape index (κ3) is 2.38. The van der Waals surface area contributed by atoms with Gasteiger partial charge in [-0.2, -0.15) is 0 Å². The molecule has 1 heterocycles. The lowest BCUT2D eigenvalue weighted by Crippen LogP contribution is -2.23. The fourth-order valence-corrected chi connectivity index (χ4v) is 3.20. The third-order valence-electron chi connectivity index (χ3n) is 3.55. The van der Waals surface area contributed by atoms with Crippen molar-refractivity contribution in [3.8, 4) is 0 Å². The second kappa shape index (κ2) is 4.65. The van der Waals surface area contributed by atoms with E-state index in [4.69, 9.17) is 16.3 Å². The van der Waals surface area contributed by atoms with Crippen molar-refractivity contribution in [3.05, 3.63) is 0 Å². The van der Waals surface area contributed by atoms with E-state index in [9.17, 15) is 0 Å². The number of hydrogen-bond donors (Lipinski definition) is 0. The molecular weight excluding hydrogens is 184 g/mol. The highest BCUT2D eigenvalue weighted by Crippen LogP contribution is 2.36. The van der Waals surface area contributed by atoms with Gasteiger partial charge in [-0.3, -0.25) is 0 Å². The average Bonchev–Trinajstić information content (AvgIpc) is 2.56. The summed E-state index contributed by atoms with van der Waals surface area (Å²) in [4.78, 5) is 0. The molecule has 1 saturated heterocycles. The summed E-state index contributed by atoms with van der Waals surface area (Å²) in [6.45, 7) is 1.93. The van der Waals surface area contributed by atoms with Gasteiger partial charge < -0.3 is 4.74 Å². The van der Waals surface area contributed by atoms with Crippen LogP contribution in [-0.4, -0.2) is 18.6 Å².